The van der Waals surface area contributed by atoms with Crippen LogP contribution in [0, 0.1) is 0 Å². The highest BCUT2D eigenvalue weighted by atomic mass is 79.9. The predicted octanol–water partition coefficient (Wildman–Crippen LogP) is 6.47. The monoisotopic (exact) mass is 720 g/mol. The van der Waals surface area contributed by atoms with E-state index in [1.54, 1.807) is 60.7 Å². The highest BCUT2D eigenvalue weighted by Crippen LogP contribution is 2.34. The lowest BCUT2D eigenvalue weighted by atomic mass is 9.87. The average Bonchev–Trinajstić information content (AvgIpc) is 3.03. The third-order valence-corrected chi connectivity index (χ3v) is 8.55. The number of aromatic hydroxyl groups is 1. The molecule has 0 spiro atoms. The van der Waals surface area contributed by atoms with Gasteiger partial charge in [-0.05, 0) is 68.5 Å². The van der Waals surface area contributed by atoms with Crippen molar-refractivity contribution < 1.29 is 34.1 Å². The van der Waals surface area contributed by atoms with Gasteiger partial charge in [0.1, 0.15) is 16.9 Å². The number of thiocarbonyl (C=S) groups is 1. The lowest BCUT2D eigenvalue weighted by molar-refractivity contribution is 0.0650. The molecule has 0 bridgehead atoms. The summed E-state index contributed by atoms with van der Waals surface area (Å²) < 4.78 is 12.4. The van der Waals surface area contributed by atoms with Crippen molar-refractivity contribution in [3.63, 3.8) is 0 Å². The molecule has 3 aromatic rings. The molecular formula is C37H37BrO8S. The number of carbonyl (C=O) groups is 2. The normalized spacial score (nSPS) is 14.0. The van der Waals surface area contributed by atoms with Gasteiger partial charge in [0, 0.05) is 27.2 Å². The lowest BCUT2D eigenvalue weighted by Crippen LogP contribution is -2.45. The number of benzene rings is 2. The Hall–Kier alpha value is -4.12. The Balaban J connectivity index is 1.49. The van der Waals surface area contributed by atoms with Gasteiger partial charge in [-0.25, -0.2) is 4.79 Å². The number of aromatic carboxylic acids is 1. The number of aliphatic hydroxyl groups excluding tert-OH is 1. The number of phenolic OH excluding ortho intramolecular Hbond substituents is 1. The molecule has 246 valence electrons. The zero-order valence-corrected chi connectivity index (χ0v) is 28.6. The Morgan fingerprint density at radius 2 is 1.96 bits per heavy atom. The molecule has 2 aromatic carbocycles. The van der Waals surface area contributed by atoms with E-state index in [1.807, 2.05) is 13.0 Å². The van der Waals surface area contributed by atoms with Gasteiger partial charge >= 0.3 is 5.97 Å². The van der Waals surface area contributed by atoms with E-state index in [9.17, 15) is 29.7 Å². The van der Waals surface area contributed by atoms with Crippen molar-refractivity contribution in [2.24, 2.45) is 0 Å². The number of fused-ring (bicyclic) bond motifs is 1. The summed E-state index contributed by atoms with van der Waals surface area (Å²) in [6, 6.07) is 10.3. The van der Waals surface area contributed by atoms with Crippen molar-refractivity contribution in [1.29, 1.82) is 0 Å². The van der Waals surface area contributed by atoms with E-state index in [2.05, 4.69) is 15.9 Å². The van der Waals surface area contributed by atoms with Gasteiger partial charge in [0.25, 0.3) is 0 Å². The number of rotatable bonds is 15. The summed E-state index contributed by atoms with van der Waals surface area (Å²) in [4.78, 5) is 38.4. The molecular weight excluding hydrogens is 684 g/mol. The van der Waals surface area contributed by atoms with Crippen LogP contribution >= 0.6 is 28.1 Å². The van der Waals surface area contributed by atoms with E-state index in [0.717, 1.165) is 30.2 Å². The molecule has 0 aliphatic heterocycles. The number of carboxylic acid groups (broad SMARTS) is 1. The standard InChI is InChI=1S/C37H37BrO8S/c1-3-11-27-30(18-17-26(22(2)39)34(27)41)45-19-9-7-5-4-6-8-14-29(33(40)23-12-10-13-24(38)20-23)32-35(42)28-16-15-25(47)21-31(28)46-36(32)37(43)44/h4,6,8,10,12-14,16-18,20-21,29,33,40-41H,3,5,7,9,11,15,19H2,1-2H3,(H,43,44)/b6-4-,14-8+/t29-,33-/m0/s1. The maximum atomic E-state index is 13.7. The molecule has 10 heteroatoms. The topological polar surface area (TPSA) is 134 Å². The Morgan fingerprint density at radius 3 is 2.66 bits per heavy atom. The molecule has 47 heavy (non-hydrogen) atoms. The molecule has 0 saturated carbocycles. The van der Waals surface area contributed by atoms with E-state index >= 15 is 0 Å². The predicted molar refractivity (Wildman–Crippen MR) is 189 cm³/mol. The second kappa shape index (κ2) is 16.6. The van der Waals surface area contributed by atoms with E-state index in [4.69, 9.17) is 21.4 Å². The molecule has 4 rings (SSSR count). The average molecular weight is 722 g/mol. The van der Waals surface area contributed by atoms with Gasteiger partial charge in [-0.1, -0.05) is 84.0 Å². The third-order valence-electron chi connectivity index (χ3n) is 7.78. The second-order valence-corrected chi connectivity index (χ2v) is 12.6. The first-order chi connectivity index (χ1) is 22.5. The number of halogens is 1. The molecule has 0 amide bonds. The van der Waals surface area contributed by atoms with Crippen LogP contribution < -0.4 is 20.8 Å². The quantitative estimate of drug-likeness (QED) is 0.0699. The molecule has 1 heterocycles. The van der Waals surface area contributed by atoms with Crippen LogP contribution in [0.15, 0.2) is 74.4 Å². The van der Waals surface area contributed by atoms with Gasteiger partial charge in [-0.15, -0.1) is 0 Å². The summed E-state index contributed by atoms with van der Waals surface area (Å²) in [6.45, 7) is 3.85. The Bertz CT molecular complexity index is 1910. The number of hydrogen-bond donors (Lipinski definition) is 3. The summed E-state index contributed by atoms with van der Waals surface area (Å²) in [5.41, 5.74) is 0.855. The van der Waals surface area contributed by atoms with E-state index in [1.165, 1.54) is 13.0 Å². The zero-order chi connectivity index (χ0) is 34.1. The summed E-state index contributed by atoms with van der Waals surface area (Å²) in [7, 11) is 0. The summed E-state index contributed by atoms with van der Waals surface area (Å²) >= 11 is 8.63. The Labute approximate surface area is 286 Å². The highest BCUT2D eigenvalue weighted by Gasteiger charge is 2.31. The fraction of sp³-hybridized carbons (Fsp3) is 0.297. The summed E-state index contributed by atoms with van der Waals surface area (Å²) in [5.74, 6) is -2.62. The molecule has 0 unspecified atom stereocenters. The number of phenols is 1. The number of Topliss-reactive ketones (excluding diaryl/α,β-unsaturated/α-hetero) is 1. The molecule has 1 aromatic heterocycles. The molecule has 3 N–H and O–H groups in total. The van der Waals surface area contributed by atoms with Crippen molar-refractivity contribution in [3.05, 3.63) is 114 Å². The minimum absolute atomic E-state index is 0.0147. The van der Waals surface area contributed by atoms with Crippen LogP contribution in [-0.2, 0) is 6.42 Å². The zero-order valence-electron chi connectivity index (χ0n) is 26.2. The van der Waals surface area contributed by atoms with Crippen LogP contribution in [-0.4, -0.2) is 38.5 Å². The van der Waals surface area contributed by atoms with Gasteiger partial charge < -0.3 is 24.5 Å². The second-order valence-electron chi connectivity index (χ2n) is 11.2. The van der Waals surface area contributed by atoms with E-state index in [0.29, 0.717) is 46.8 Å². The summed E-state index contributed by atoms with van der Waals surface area (Å²) in [6.07, 6.45) is 12.9. The Morgan fingerprint density at radius 1 is 1.17 bits per heavy atom. The van der Waals surface area contributed by atoms with Gasteiger partial charge in [0.15, 0.2) is 11.2 Å². The van der Waals surface area contributed by atoms with Crippen LogP contribution in [0.1, 0.15) is 95.6 Å². The van der Waals surface area contributed by atoms with Crippen LogP contribution in [0.2, 0.25) is 0 Å². The highest BCUT2D eigenvalue weighted by molar-refractivity contribution is 9.10. The fourth-order valence-electron chi connectivity index (χ4n) is 5.44. The molecule has 8 nitrogen and oxygen atoms in total. The van der Waals surface area contributed by atoms with Crippen molar-refractivity contribution in [3.8, 4) is 11.5 Å². The van der Waals surface area contributed by atoms with Crippen molar-refractivity contribution in [2.75, 3.05) is 6.61 Å². The number of ether oxygens (including phenoxy) is 1. The minimum Gasteiger partial charge on any atom is -0.507 e. The molecule has 1 aliphatic rings. The van der Waals surface area contributed by atoms with E-state index in [-0.39, 0.29) is 27.7 Å². The number of hydrogen-bond acceptors (Lipinski definition) is 8. The maximum absolute atomic E-state index is 13.7. The lowest BCUT2D eigenvalue weighted by Gasteiger charge is -2.21. The first kappa shape index (κ1) is 35.7. The third kappa shape index (κ3) is 8.82. The van der Waals surface area contributed by atoms with E-state index < -0.39 is 29.2 Å². The molecule has 1 aliphatic carbocycles. The van der Waals surface area contributed by atoms with Gasteiger partial charge in [0.2, 0.25) is 5.76 Å². The summed E-state index contributed by atoms with van der Waals surface area (Å²) in [5, 5.41) is 32.3. The molecule has 2 atom stereocenters. The van der Waals surface area contributed by atoms with Crippen LogP contribution in [0.3, 0.4) is 0 Å². The Kier molecular flexibility index (Phi) is 12.6. The fourth-order valence-corrected chi connectivity index (χ4v) is 6.05. The minimum atomic E-state index is -1.42. The number of ketones is 1. The van der Waals surface area contributed by atoms with Crippen LogP contribution in [0.5, 0.6) is 11.5 Å². The number of allylic oxidation sites excluding steroid dienone is 3. The first-order valence-corrected chi connectivity index (χ1v) is 16.6. The molecule has 0 fully saturated rings. The van der Waals surface area contributed by atoms with Gasteiger partial charge in [-0.3, -0.25) is 9.59 Å². The largest absolute Gasteiger partial charge is 0.507 e. The van der Waals surface area contributed by atoms with Crippen LogP contribution in [0.4, 0.5) is 0 Å². The smallest absolute Gasteiger partial charge is 0.372 e. The molecule has 0 radical (unpaired) electrons. The van der Waals surface area contributed by atoms with Gasteiger partial charge in [-0.2, -0.15) is 0 Å². The SMILES string of the molecule is CCCc1c(OCCCC/C=C\C=C\[C@@H](c2c(C(=O)O)oc3c(c2=O)=CCC(=S)C=3)[C@@H](O)c2cccc(Br)c2)ccc(C(C)=O)c1O. The van der Waals surface area contributed by atoms with Crippen molar-refractivity contribution >= 4 is 56.9 Å². The number of carboxylic acids is 1. The maximum Gasteiger partial charge on any atom is 0.372 e. The number of unbranched alkanes of at least 4 members (excludes halogenated alkanes) is 2. The number of carbonyl (C=O) groups excluding carboxylic acids is 1. The van der Waals surface area contributed by atoms with Gasteiger partial charge in [0.05, 0.1) is 29.1 Å². The molecule has 0 saturated heterocycles. The number of aliphatic hydroxyl groups is 1. The van der Waals surface area contributed by atoms with Crippen molar-refractivity contribution in [1.82, 2.24) is 0 Å². The first-order valence-electron chi connectivity index (χ1n) is 15.4. The van der Waals surface area contributed by atoms with Crippen LogP contribution in [0.25, 0.3) is 12.2 Å². The van der Waals surface area contributed by atoms with Crippen molar-refractivity contribution in [2.45, 2.75) is 64.4 Å².